The van der Waals surface area contributed by atoms with Crippen LogP contribution in [0.3, 0.4) is 0 Å². The molecule has 0 N–H and O–H groups in total. The molecule has 0 saturated heterocycles. The molecule has 3 heteroatoms. The van der Waals surface area contributed by atoms with Crippen LogP contribution in [0.2, 0.25) is 0 Å². The van der Waals surface area contributed by atoms with E-state index < -0.39 is 0 Å². The minimum absolute atomic E-state index is 0.215. The van der Waals surface area contributed by atoms with Gasteiger partial charge in [-0.25, -0.2) is 0 Å². The van der Waals surface area contributed by atoms with Crippen molar-refractivity contribution < 1.29 is 9.21 Å². The van der Waals surface area contributed by atoms with Gasteiger partial charge in [-0.1, -0.05) is 0 Å². The van der Waals surface area contributed by atoms with Crippen LogP contribution in [0.4, 0.5) is 0 Å². The first-order chi connectivity index (χ1) is 3.93. The Balaban J connectivity index is 3.41. The van der Waals surface area contributed by atoms with Crippen LogP contribution < -0.4 is 5.55 Å². The number of nitrogens with zero attached hydrogens (tertiary/aromatic N) is 2. The fourth-order valence-corrected chi connectivity index (χ4v) is 0.388. The zero-order valence-electron chi connectivity index (χ0n) is 4.11. The standard InChI is InChI=1S/C5H4N2O/c6-7-5-3-1-2-4-8-5/h1-4H. The molecule has 1 rings (SSSR count). The molecule has 40 valence electrons. The molecule has 1 heterocycles. The van der Waals surface area contributed by atoms with Gasteiger partial charge in [0.1, 0.15) is 0 Å². The summed E-state index contributed by atoms with van der Waals surface area (Å²) >= 11 is 0. The summed E-state index contributed by atoms with van der Waals surface area (Å²) in [7, 11) is 0. The number of hydrogen-bond acceptors (Lipinski definition) is 1. The lowest BCUT2D eigenvalue weighted by Crippen LogP contribution is -1.97. The van der Waals surface area contributed by atoms with E-state index in [1.807, 2.05) is 0 Å². The zero-order chi connectivity index (χ0) is 5.82. The van der Waals surface area contributed by atoms with Crippen LogP contribution in [-0.2, 0) is 0 Å². The maximum Gasteiger partial charge on any atom is 0.480 e. The van der Waals surface area contributed by atoms with E-state index in [0.717, 1.165) is 0 Å². The van der Waals surface area contributed by atoms with Crippen molar-refractivity contribution in [2.75, 3.05) is 0 Å². The SMILES string of the molecule is [N-]=[N+]=c1cccco1. The average molecular weight is 108 g/mol. The Morgan fingerprint density at radius 1 is 1.50 bits per heavy atom. The molecule has 0 radical (unpaired) electrons. The lowest BCUT2D eigenvalue weighted by molar-refractivity contribution is -0.0977. The van der Waals surface area contributed by atoms with Gasteiger partial charge in [-0.15, -0.1) is 4.79 Å². The Morgan fingerprint density at radius 2 is 2.38 bits per heavy atom. The van der Waals surface area contributed by atoms with Crippen LogP contribution in [0.25, 0.3) is 5.53 Å². The van der Waals surface area contributed by atoms with Crippen molar-refractivity contribution in [3.63, 3.8) is 0 Å². The minimum atomic E-state index is 0.215. The van der Waals surface area contributed by atoms with Gasteiger partial charge in [-0.05, 0) is 12.1 Å². The fraction of sp³-hybridized carbons (Fsp3) is 0. The van der Waals surface area contributed by atoms with E-state index in [9.17, 15) is 0 Å². The highest BCUT2D eigenvalue weighted by molar-refractivity contribution is 4.83. The molecule has 0 bridgehead atoms. The van der Waals surface area contributed by atoms with Crippen molar-refractivity contribution in [3.8, 4) is 0 Å². The van der Waals surface area contributed by atoms with E-state index in [1.54, 1.807) is 18.2 Å². The van der Waals surface area contributed by atoms with E-state index >= 15 is 0 Å². The molecule has 0 saturated carbocycles. The highest BCUT2D eigenvalue weighted by atomic mass is 16.3. The van der Waals surface area contributed by atoms with Crippen molar-refractivity contribution in [2.45, 2.75) is 0 Å². The van der Waals surface area contributed by atoms with Gasteiger partial charge in [0.05, 0.1) is 12.3 Å². The highest BCUT2D eigenvalue weighted by Gasteiger charge is 1.80. The van der Waals surface area contributed by atoms with Gasteiger partial charge >= 0.3 is 5.55 Å². The van der Waals surface area contributed by atoms with Gasteiger partial charge in [0.25, 0.3) is 0 Å². The van der Waals surface area contributed by atoms with Gasteiger partial charge in [0, 0.05) is 0 Å². The fourth-order valence-electron chi connectivity index (χ4n) is 0.388. The van der Waals surface area contributed by atoms with E-state index in [4.69, 9.17) is 5.53 Å². The molecule has 0 aliphatic rings. The summed E-state index contributed by atoms with van der Waals surface area (Å²) in [5.74, 6) is 0. The summed E-state index contributed by atoms with van der Waals surface area (Å²) in [6, 6.07) is 4.98. The van der Waals surface area contributed by atoms with Crippen molar-refractivity contribution in [2.24, 2.45) is 0 Å². The van der Waals surface area contributed by atoms with Crippen molar-refractivity contribution in [1.82, 2.24) is 0 Å². The Bertz CT molecular complexity index is 229. The minimum Gasteiger partial charge on any atom is -0.401 e. The van der Waals surface area contributed by atoms with E-state index in [-0.39, 0.29) is 5.55 Å². The normalized spacial score (nSPS) is 8.00. The predicted molar refractivity (Wildman–Crippen MR) is 25.5 cm³/mol. The van der Waals surface area contributed by atoms with Crippen LogP contribution in [0.1, 0.15) is 0 Å². The molecule has 0 aliphatic heterocycles. The molecular formula is C5H4N2O. The van der Waals surface area contributed by atoms with Gasteiger partial charge < -0.3 is 9.95 Å². The Morgan fingerprint density at radius 3 is 2.75 bits per heavy atom. The monoisotopic (exact) mass is 108 g/mol. The first-order valence-corrected chi connectivity index (χ1v) is 2.15. The lowest BCUT2D eigenvalue weighted by Gasteiger charge is -1.69. The van der Waals surface area contributed by atoms with Crippen molar-refractivity contribution >= 4 is 0 Å². The molecule has 0 atom stereocenters. The molecule has 0 spiro atoms. The van der Waals surface area contributed by atoms with Crippen LogP contribution in [-0.4, -0.2) is 4.79 Å². The Kier molecular flexibility index (Phi) is 1.26. The average Bonchev–Trinajstić information content (AvgIpc) is 1.90. The molecule has 0 aliphatic carbocycles. The zero-order valence-corrected chi connectivity index (χ0v) is 4.11. The van der Waals surface area contributed by atoms with Crippen LogP contribution in [0, 0.1) is 0 Å². The molecular weight excluding hydrogens is 104 g/mol. The predicted octanol–water partition coefficient (Wildman–Crippen LogP) is 0.410. The summed E-state index contributed by atoms with van der Waals surface area (Å²) in [6.45, 7) is 0. The molecule has 0 unspecified atom stereocenters. The van der Waals surface area contributed by atoms with Crippen LogP contribution in [0.15, 0.2) is 28.9 Å². The quantitative estimate of drug-likeness (QED) is 0.350. The Hall–Kier alpha value is -1.34. The van der Waals surface area contributed by atoms with Gasteiger partial charge in [-0.2, -0.15) is 0 Å². The molecule has 8 heavy (non-hydrogen) atoms. The van der Waals surface area contributed by atoms with E-state index in [1.165, 1.54) is 6.26 Å². The summed E-state index contributed by atoms with van der Waals surface area (Å²) in [4.78, 5) is 2.80. The number of rotatable bonds is 0. The second-order valence-corrected chi connectivity index (χ2v) is 1.24. The van der Waals surface area contributed by atoms with Crippen LogP contribution in [0.5, 0.6) is 0 Å². The van der Waals surface area contributed by atoms with Gasteiger partial charge in [0.2, 0.25) is 0 Å². The summed E-state index contributed by atoms with van der Waals surface area (Å²) in [5, 5.41) is 0. The molecule has 0 aromatic carbocycles. The van der Waals surface area contributed by atoms with E-state index in [0.29, 0.717) is 0 Å². The first kappa shape index (κ1) is 4.81. The van der Waals surface area contributed by atoms with Gasteiger partial charge in [-0.3, -0.25) is 0 Å². The summed E-state index contributed by atoms with van der Waals surface area (Å²) in [6.07, 6.45) is 1.44. The molecule has 1 aromatic rings. The summed E-state index contributed by atoms with van der Waals surface area (Å²) < 4.78 is 4.66. The maximum absolute atomic E-state index is 8.07. The maximum atomic E-state index is 8.07. The van der Waals surface area contributed by atoms with Crippen LogP contribution >= 0.6 is 0 Å². The third kappa shape index (κ3) is 0.832. The third-order valence-corrected chi connectivity index (χ3v) is 0.716. The van der Waals surface area contributed by atoms with E-state index in [2.05, 4.69) is 9.21 Å². The topological polar surface area (TPSA) is 49.5 Å². The molecule has 0 amide bonds. The largest absolute Gasteiger partial charge is 0.480 e. The van der Waals surface area contributed by atoms with Crippen molar-refractivity contribution in [1.29, 1.82) is 0 Å². The van der Waals surface area contributed by atoms with Crippen molar-refractivity contribution in [3.05, 3.63) is 35.5 Å². The highest BCUT2D eigenvalue weighted by Crippen LogP contribution is 1.72. The molecule has 1 aromatic heterocycles. The molecule has 0 fully saturated rings. The molecule has 3 nitrogen and oxygen atoms in total. The lowest BCUT2D eigenvalue weighted by atomic mass is 10.5. The Labute approximate surface area is 45.8 Å². The number of hydrogen-bond donors (Lipinski definition) is 0. The second kappa shape index (κ2) is 2.09. The van der Waals surface area contributed by atoms with Gasteiger partial charge in [0.15, 0.2) is 0 Å². The second-order valence-electron chi connectivity index (χ2n) is 1.24. The third-order valence-electron chi connectivity index (χ3n) is 0.716. The summed E-state index contributed by atoms with van der Waals surface area (Å²) in [5.41, 5.74) is 8.28. The first-order valence-electron chi connectivity index (χ1n) is 2.15. The smallest absolute Gasteiger partial charge is 0.401 e.